The van der Waals surface area contributed by atoms with Crippen LogP contribution in [-0.2, 0) is 4.79 Å². The molecule has 0 aromatic heterocycles. The second-order valence-corrected chi connectivity index (χ2v) is 6.81. The summed E-state index contributed by atoms with van der Waals surface area (Å²) in [5, 5.41) is 5.27. The molecule has 3 aromatic carbocycles. The predicted octanol–water partition coefficient (Wildman–Crippen LogP) is 5.11. The van der Waals surface area contributed by atoms with Crippen molar-refractivity contribution in [2.45, 2.75) is 25.7 Å². The summed E-state index contributed by atoms with van der Waals surface area (Å²) >= 11 is 0. The monoisotopic (exact) mass is 361 g/mol. The van der Waals surface area contributed by atoms with Gasteiger partial charge in [0.2, 0.25) is 5.91 Å². The zero-order valence-electron chi connectivity index (χ0n) is 15.6. The van der Waals surface area contributed by atoms with Crippen molar-refractivity contribution >= 4 is 22.4 Å². The topological polar surface area (TPSA) is 47.6 Å². The van der Waals surface area contributed by atoms with E-state index in [-0.39, 0.29) is 11.8 Å². The lowest BCUT2D eigenvalue weighted by atomic mass is 9.83. The molecule has 0 unspecified atom stereocenters. The van der Waals surface area contributed by atoms with Crippen molar-refractivity contribution in [3.8, 4) is 11.5 Å². The highest BCUT2D eigenvalue weighted by Gasteiger charge is 2.28. The molecule has 1 N–H and O–H groups in total. The van der Waals surface area contributed by atoms with Crippen molar-refractivity contribution in [2.24, 2.45) is 0 Å². The summed E-state index contributed by atoms with van der Waals surface area (Å²) in [5.74, 6) is 1.47. The lowest BCUT2D eigenvalue weighted by molar-refractivity contribution is -0.116. The molecule has 1 amide bonds. The van der Waals surface area contributed by atoms with Gasteiger partial charge in [0, 0.05) is 17.7 Å². The Morgan fingerprint density at radius 2 is 1.93 bits per heavy atom. The van der Waals surface area contributed by atoms with E-state index in [0.29, 0.717) is 18.8 Å². The number of nitrogens with one attached hydrogen (secondary N) is 1. The highest BCUT2D eigenvalue weighted by Crippen LogP contribution is 2.42. The van der Waals surface area contributed by atoms with Crippen LogP contribution in [0.3, 0.4) is 0 Å². The van der Waals surface area contributed by atoms with Gasteiger partial charge in [-0.25, -0.2) is 0 Å². The third-order valence-corrected chi connectivity index (χ3v) is 5.04. The third-order valence-electron chi connectivity index (χ3n) is 5.04. The van der Waals surface area contributed by atoms with E-state index in [9.17, 15) is 4.79 Å². The van der Waals surface area contributed by atoms with Crippen molar-refractivity contribution in [2.75, 3.05) is 19.0 Å². The van der Waals surface area contributed by atoms with Crippen molar-refractivity contribution in [3.63, 3.8) is 0 Å². The normalized spacial score (nSPS) is 15.9. The molecule has 4 heteroatoms. The number of amides is 1. The number of carbonyl (C=O) groups excluding carboxylic acids is 1. The average molecular weight is 361 g/mol. The zero-order chi connectivity index (χ0) is 18.8. The van der Waals surface area contributed by atoms with Gasteiger partial charge < -0.3 is 14.8 Å². The van der Waals surface area contributed by atoms with E-state index in [2.05, 4.69) is 36.5 Å². The molecule has 0 aliphatic carbocycles. The maximum absolute atomic E-state index is 12.4. The molecule has 1 aliphatic heterocycles. The molecule has 1 atom stereocenters. The Morgan fingerprint density at radius 3 is 2.74 bits per heavy atom. The first-order chi connectivity index (χ1) is 13.2. The smallest absolute Gasteiger partial charge is 0.225 e. The first-order valence-electron chi connectivity index (χ1n) is 9.33. The molecule has 0 fully saturated rings. The van der Waals surface area contributed by atoms with Crippen molar-refractivity contribution in [1.29, 1.82) is 0 Å². The van der Waals surface area contributed by atoms with Gasteiger partial charge in [-0.2, -0.15) is 0 Å². The van der Waals surface area contributed by atoms with E-state index in [1.54, 1.807) is 7.11 Å². The highest BCUT2D eigenvalue weighted by molar-refractivity contribution is 6.06. The number of carbonyl (C=O) groups is 1. The van der Waals surface area contributed by atoms with E-state index in [1.807, 2.05) is 30.3 Å². The van der Waals surface area contributed by atoms with Crippen molar-refractivity contribution in [3.05, 3.63) is 65.7 Å². The zero-order valence-corrected chi connectivity index (χ0v) is 15.6. The molecule has 0 radical (unpaired) electrons. The van der Waals surface area contributed by atoms with E-state index in [4.69, 9.17) is 9.47 Å². The Balaban J connectivity index is 1.79. The lowest BCUT2D eigenvalue weighted by Gasteiger charge is -2.27. The van der Waals surface area contributed by atoms with Gasteiger partial charge in [0.15, 0.2) is 11.5 Å². The number of fused-ring (bicyclic) bond motifs is 3. The fraction of sp³-hybridized carbons (Fsp3) is 0.261. The summed E-state index contributed by atoms with van der Waals surface area (Å²) in [6.07, 6.45) is 1.36. The van der Waals surface area contributed by atoms with Crippen LogP contribution in [0.2, 0.25) is 0 Å². The molecule has 4 rings (SSSR count). The van der Waals surface area contributed by atoms with E-state index in [1.165, 1.54) is 0 Å². The van der Waals surface area contributed by atoms with E-state index >= 15 is 0 Å². The molecule has 27 heavy (non-hydrogen) atoms. The largest absolute Gasteiger partial charge is 0.493 e. The van der Waals surface area contributed by atoms with Gasteiger partial charge in [-0.3, -0.25) is 4.79 Å². The summed E-state index contributed by atoms with van der Waals surface area (Å²) in [4.78, 5) is 12.4. The maximum atomic E-state index is 12.4. The first-order valence-corrected chi connectivity index (χ1v) is 9.33. The van der Waals surface area contributed by atoms with E-state index in [0.717, 1.165) is 39.8 Å². The van der Waals surface area contributed by atoms with Crippen LogP contribution in [-0.4, -0.2) is 19.6 Å². The van der Waals surface area contributed by atoms with Crippen LogP contribution in [0.4, 0.5) is 5.69 Å². The fourth-order valence-corrected chi connectivity index (χ4v) is 3.73. The lowest BCUT2D eigenvalue weighted by Crippen LogP contribution is -2.23. The molecule has 0 bridgehead atoms. The van der Waals surface area contributed by atoms with Gasteiger partial charge in [-0.1, -0.05) is 49.4 Å². The number of benzene rings is 3. The number of hydrogen-bond acceptors (Lipinski definition) is 3. The minimum Gasteiger partial charge on any atom is -0.493 e. The summed E-state index contributed by atoms with van der Waals surface area (Å²) in [6.45, 7) is 2.72. The summed E-state index contributed by atoms with van der Waals surface area (Å²) in [6, 6.07) is 18.3. The predicted molar refractivity (Wildman–Crippen MR) is 108 cm³/mol. The van der Waals surface area contributed by atoms with Crippen LogP contribution >= 0.6 is 0 Å². The molecule has 3 aromatic rings. The first kappa shape index (κ1) is 17.4. The van der Waals surface area contributed by atoms with Gasteiger partial charge in [0.25, 0.3) is 0 Å². The number of ether oxygens (including phenoxy) is 2. The Hall–Kier alpha value is -3.01. The third kappa shape index (κ3) is 3.23. The van der Waals surface area contributed by atoms with Crippen LogP contribution in [0.5, 0.6) is 11.5 Å². The molecule has 0 saturated carbocycles. The average Bonchev–Trinajstić information content (AvgIpc) is 2.71. The van der Waals surface area contributed by atoms with Gasteiger partial charge in [0.1, 0.15) is 0 Å². The summed E-state index contributed by atoms with van der Waals surface area (Å²) in [7, 11) is 1.65. The van der Waals surface area contributed by atoms with Gasteiger partial charge in [0.05, 0.1) is 19.4 Å². The van der Waals surface area contributed by atoms with Crippen LogP contribution < -0.4 is 14.8 Å². The Morgan fingerprint density at radius 1 is 1.07 bits per heavy atom. The Labute approximate surface area is 159 Å². The van der Waals surface area contributed by atoms with Crippen LogP contribution in [0, 0.1) is 0 Å². The van der Waals surface area contributed by atoms with Crippen LogP contribution in [0.25, 0.3) is 10.8 Å². The van der Waals surface area contributed by atoms with Crippen molar-refractivity contribution < 1.29 is 14.3 Å². The second-order valence-electron chi connectivity index (χ2n) is 6.81. The SMILES string of the molecule is CCCOc1ccc([C@@H]2CC(=O)Nc3c2ccc2ccccc32)cc1OC. The molecular weight excluding hydrogens is 338 g/mol. The Bertz CT molecular complexity index is 996. The summed E-state index contributed by atoms with van der Waals surface area (Å²) in [5.41, 5.74) is 3.11. The molecule has 0 saturated heterocycles. The van der Waals surface area contributed by atoms with E-state index < -0.39 is 0 Å². The molecule has 4 nitrogen and oxygen atoms in total. The molecule has 1 heterocycles. The fourth-order valence-electron chi connectivity index (χ4n) is 3.73. The second kappa shape index (κ2) is 7.31. The van der Waals surface area contributed by atoms with Gasteiger partial charge in [-0.15, -0.1) is 0 Å². The van der Waals surface area contributed by atoms with Crippen molar-refractivity contribution in [1.82, 2.24) is 0 Å². The Kier molecular flexibility index (Phi) is 4.71. The summed E-state index contributed by atoms with van der Waals surface area (Å²) < 4.78 is 11.3. The molecule has 0 spiro atoms. The quantitative estimate of drug-likeness (QED) is 0.687. The van der Waals surface area contributed by atoms with Crippen LogP contribution in [0.1, 0.15) is 36.8 Å². The standard InChI is InChI=1S/C23H23NO3/c1-3-12-27-20-11-9-16(13-21(20)26-2)19-14-22(25)24-23-17-7-5-4-6-15(17)8-10-18(19)23/h4-11,13,19H,3,12,14H2,1-2H3,(H,24,25)/t19-/m0/s1. The maximum Gasteiger partial charge on any atom is 0.225 e. The molecule has 1 aliphatic rings. The van der Waals surface area contributed by atoms with Gasteiger partial charge >= 0.3 is 0 Å². The number of rotatable bonds is 5. The number of anilines is 1. The minimum absolute atomic E-state index is 0.00696. The molecule has 138 valence electrons. The van der Waals surface area contributed by atoms with Gasteiger partial charge in [-0.05, 0) is 35.1 Å². The number of hydrogen-bond donors (Lipinski definition) is 1. The highest BCUT2D eigenvalue weighted by atomic mass is 16.5. The number of methoxy groups -OCH3 is 1. The van der Waals surface area contributed by atoms with Crippen LogP contribution in [0.15, 0.2) is 54.6 Å². The molecular formula is C23H23NO3. The minimum atomic E-state index is -0.00696.